The van der Waals surface area contributed by atoms with Crippen LogP contribution in [0, 0.1) is 6.92 Å². The van der Waals surface area contributed by atoms with E-state index in [-0.39, 0.29) is 18.6 Å². The van der Waals surface area contributed by atoms with E-state index in [0.29, 0.717) is 17.3 Å². The summed E-state index contributed by atoms with van der Waals surface area (Å²) in [5.41, 5.74) is 1.74. The molecule has 1 aromatic heterocycles. The van der Waals surface area contributed by atoms with E-state index in [9.17, 15) is 4.79 Å². The molecule has 1 unspecified atom stereocenters. The van der Waals surface area contributed by atoms with Crippen LogP contribution < -0.4 is 10.1 Å². The Kier molecular flexibility index (Phi) is 7.07. The summed E-state index contributed by atoms with van der Waals surface area (Å²) >= 11 is 6.15. The van der Waals surface area contributed by atoms with E-state index < -0.39 is 0 Å². The molecule has 0 radical (unpaired) electrons. The number of hydrogen-bond acceptors (Lipinski definition) is 4. The molecule has 5 nitrogen and oxygen atoms in total. The summed E-state index contributed by atoms with van der Waals surface area (Å²) < 4.78 is 5.81. The first-order valence-electron chi connectivity index (χ1n) is 9.43. The molecule has 1 aliphatic rings. The molecule has 0 aliphatic carbocycles. The average molecular weight is 388 g/mol. The predicted octanol–water partition coefficient (Wildman–Crippen LogP) is 3.59. The molecule has 2 aromatic rings. The summed E-state index contributed by atoms with van der Waals surface area (Å²) in [7, 11) is 0. The molecule has 1 N–H and O–H groups in total. The fourth-order valence-electron chi connectivity index (χ4n) is 3.37. The lowest BCUT2D eigenvalue weighted by Gasteiger charge is -2.31. The summed E-state index contributed by atoms with van der Waals surface area (Å²) in [6.07, 6.45) is 4.75. The van der Waals surface area contributed by atoms with E-state index in [4.69, 9.17) is 16.3 Å². The van der Waals surface area contributed by atoms with E-state index in [1.54, 1.807) is 6.20 Å². The zero-order valence-electron chi connectivity index (χ0n) is 15.7. The van der Waals surface area contributed by atoms with Gasteiger partial charge in [0.25, 0.3) is 5.91 Å². The van der Waals surface area contributed by atoms with Gasteiger partial charge in [0.2, 0.25) is 0 Å². The second-order valence-electron chi connectivity index (χ2n) is 6.83. The van der Waals surface area contributed by atoms with Gasteiger partial charge in [-0.3, -0.25) is 9.78 Å². The van der Waals surface area contributed by atoms with Crippen LogP contribution in [0.2, 0.25) is 5.02 Å². The highest BCUT2D eigenvalue weighted by Gasteiger charge is 2.25. The number of amides is 1. The number of pyridine rings is 1. The van der Waals surface area contributed by atoms with Crippen LogP contribution in [0.15, 0.2) is 42.6 Å². The van der Waals surface area contributed by atoms with Crippen molar-refractivity contribution in [2.45, 2.75) is 38.8 Å². The predicted molar refractivity (Wildman–Crippen MR) is 107 cm³/mol. The molecular weight excluding hydrogens is 362 g/mol. The third-order valence-electron chi connectivity index (χ3n) is 4.93. The number of carbonyl (C=O) groups is 1. The van der Waals surface area contributed by atoms with Crippen LogP contribution in [-0.4, -0.2) is 41.5 Å². The second kappa shape index (κ2) is 9.72. The highest BCUT2D eigenvalue weighted by atomic mass is 35.5. The fraction of sp³-hybridized carbons (Fsp3) is 0.429. The van der Waals surface area contributed by atoms with Crippen molar-refractivity contribution in [1.29, 1.82) is 0 Å². The monoisotopic (exact) mass is 387 g/mol. The van der Waals surface area contributed by atoms with Crippen molar-refractivity contribution < 1.29 is 9.53 Å². The Bertz CT molecular complexity index is 746. The van der Waals surface area contributed by atoms with Gasteiger partial charge in [-0.15, -0.1) is 0 Å². The van der Waals surface area contributed by atoms with Crippen LogP contribution in [0.5, 0.6) is 5.75 Å². The molecule has 1 aromatic carbocycles. The fourth-order valence-corrected chi connectivity index (χ4v) is 3.53. The molecule has 1 fully saturated rings. The van der Waals surface area contributed by atoms with Crippen molar-refractivity contribution in [1.82, 2.24) is 15.2 Å². The van der Waals surface area contributed by atoms with Gasteiger partial charge in [0, 0.05) is 22.8 Å². The molecule has 1 aliphatic heterocycles. The topological polar surface area (TPSA) is 54.5 Å². The van der Waals surface area contributed by atoms with E-state index in [2.05, 4.69) is 10.3 Å². The van der Waals surface area contributed by atoms with Gasteiger partial charge in [0.05, 0.1) is 12.2 Å². The Morgan fingerprint density at radius 2 is 2.15 bits per heavy atom. The minimum Gasteiger partial charge on any atom is -0.483 e. The summed E-state index contributed by atoms with van der Waals surface area (Å²) in [6.45, 7) is 4.32. The molecule has 0 bridgehead atoms. The van der Waals surface area contributed by atoms with Gasteiger partial charge in [0.1, 0.15) is 5.75 Å². The number of benzene rings is 1. The van der Waals surface area contributed by atoms with Gasteiger partial charge < -0.3 is 15.0 Å². The van der Waals surface area contributed by atoms with Crippen molar-refractivity contribution >= 4 is 17.5 Å². The lowest BCUT2D eigenvalue weighted by Crippen LogP contribution is -2.43. The van der Waals surface area contributed by atoms with E-state index in [1.165, 1.54) is 0 Å². The Morgan fingerprint density at radius 3 is 2.96 bits per heavy atom. The smallest absolute Gasteiger partial charge is 0.261 e. The molecule has 2 heterocycles. The molecule has 1 saturated heterocycles. The maximum Gasteiger partial charge on any atom is 0.261 e. The number of carbonyl (C=O) groups excluding carboxylic acids is 1. The lowest BCUT2D eigenvalue weighted by atomic mass is 10.1. The van der Waals surface area contributed by atoms with Gasteiger partial charge in [-0.05, 0) is 63.5 Å². The van der Waals surface area contributed by atoms with Crippen LogP contribution in [0.1, 0.15) is 30.5 Å². The van der Waals surface area contributed by atoms with Crippen molar-refractivity contribution in [3.8, 4) is 5.75 Å². The molecule has 3 rings (SSSR count). The number of rotatable bonds is 6. The molecular formula is C21H26ClN3O2. The largest absolute Gasteiger partial charge is 0.483 e. The van der Waals surface area contributed by atoms with Gasteiger partial charge in [-0.1, -0.05) is 23.7 Å². The van der Waals surface area contributed by atoms with Crippen molar-refractivity contribution in [3.63, 3.8) is 0 Å². The maximum atomic E-state index is 13.0. The summed E-state index contributed by atoms with van der Waals surface area (Å²) in [4.78, 5) is 19.4. The average Bonchev–Trinajstić information content (AvgIpc) is 2.97. The molecule has 0 spiro atoms. The molecule has 27 heavy (non-hydrogen) atoms. The summed E-state index contributed by atoms with van der Waals surface area (Å²) in [6, 6.07) is 11.5. The highest BCUT2D eigenvalue weighted by molar-refractivity contribution is 6.31. The molecule has 144 valence electrons. The highest BCUT2D eigenvalue weighted by Crippen LogP contribution is 2.25. The maximum absolute atomic E-state index is 13.0. The minimum atomic E-state index is -0.0214. The first kappa shape index (κ1) is 19.6. The molecule has 0 saturated carbocycles. The Morgan fingerprint density at radius 1 is 1.26 bits per heavy atom. The van der Waals surface area contributed by atoms with Crippen molar-refractivity contribution in [2.24, 2.45) is 0 Å². The molecule has 1 amide bonds. The third-order valence-corrected chi connectivity index (χ3v) is 5.34. The van der Waals surface area contributed by atoms with Crippen LogP contribution in [0.4, 0.5) is 0 Å². The van der Waals surface area contributed by atoms with Crippen LogP contribution >= 0.6 is 11.6 Å². The SMILES string of the molecule is Cc1c(Cl)cccc1OCC(=O)N(Cc1ccccn1)C1CCCNCC1. The Hall–Kier alpha value is -2.11. The molecule has 1 atom stereocenters. The minimum absolute atomic E-state index is 0.00204. The number of halogens is 1. The normalized spacial score (nSPS) is 17.2. The Balaban J connectivity index is 1.72. The first-order valence-corrected chi connectivity index (χ1v) is 9.81. The van der Waals surface area contributed by atoms with Gasteiger partial charge in [-0.25, -0.2) is 0 Å². The zero-order chi connectivity index (χ0) is 19.1. The zero-order valence-corrected chi connectivity index (χ0v) is 16.4. The first-order chi connectivity index (χ1) is 13.1. The number of nitrogens with one attached hydrogen (secondary N) is 1. The van der Waals surface area contributed by atoms with Gasteiger partial charge in [-0.2, -0.15) is 0 Å². The molecule has 6 heteroatoms. The number of aromatic nitrogens is 1. The number of hydrogen-bond donors (Lipinski definition) is 1. The quantitative estimate of drug-likeness (QED) is 0.822. The second-order valence-corrected chi connectivity index (χ2v) is 7.24. The Labute approximate surface area is 165 Å². The van der Waals surface area contributed by atoms with Gasteiger partial charge >= 0.3 is 0 Å². The van der Waals surface area contributed by atoms with Crippen molar-refractivity contribution in [2.75, 3.05) is 19.7 Å². The van der Waals surface area contributed by atoms with Crippen LogP contribution in [0.25, 0.3) is 0 Å². The van der Waals surface area contributed by atoms with E-state index >= 15 is 0 Å². The number of nitrogens with zero attached hydrogens (tertiary/aromatic N) is 2. The van der Waals surface area contributed by atoms with Crippen LogP contribution in [-0.2, 0) is 11.3 Å². The third kappa shape index (κ3) is 5.44. The van der Waals surface area contributed by atoms with Gasteiger partial charge in [0.15, 0.2) is 6.61 Å². The lowest BCUT2D eigenvalue weighted by molar-refractivity contribution is -0.136. The van der Waals surface area contributed by atoms with E-state index in [0.717, 1.165) is 43.6 Å². The number of ether oxygens (including phenoxy) is 1. The van der Waals surface area contributed by atoms with Crippen LogP contribution in [0.3, 0.4) is 0 Å². The van der Waals surface area contributed by atoms with Crippen molar-refractivity contribution in [3.05, 3.63) is 58.9 Å². The summed E-state index contributed by atoms with van der Waals surface area (Å²) in [5.74, 6) is 0.628. The standard InChI is InChI=1S/C21H26ClN3O2/c1-16-19(22)8-4-9-20(16)27-15-21(26)25(14-17-6-2-3-12-24-17)18-7-5-11-23-13-10-18/h2-4,6,8-9,12,18,23H,5,7,10-11,13-15H2,1H3. The van der Waals surface area contributed by atoms with E-state index in [1.807, 2.05) is 48.2 Å². The summed E-state index contributed by atoms with van der Waals surface area (Å²) in [5, 5.41) is 4.05.